The van der Waals surface area contributed by atoms with Gasteiger partial charge < -0.3 is 5.32 Å². The Labute approximate surface area is 76.3 Å². The molecule has 0 atom stereocenters. The third kappa shape index (κ3) is 1.57. The number of thiazole rings is 1. The Bertz CT molecular complexity index is 301. The van der Waals surface area contributed by atoms with Crippen LogP contribution in [0.3, 0.4) is 0 Å². The van der Waals surface area contributed by atoms with E-state index in [9.17, 15) is 0 Å². The summed E-state index contributed by atoms with van der Waals surface area (Å²) in [4.78, 5) is 5.66. The summed E-state index contributed by atoms with van der Waals surface area (Å²) in [6, 6.07) is 0. The molecule has 0 aromatic carbocycles. The van der Waals surface area contributed by atoms with Crippen LogP contribution in [0.15, 0.2) is 12.3 Å². The van der Waals surface area contributed by atoms with Gasteiger partial charge in [0.25, 0.3) is 0 Å². The lowest BCUT2D eigenvalue weighted by Crippen LogP contribution is -2.19. The van der Waals surface area contributed by atoms with Crippen LogP contribution in [0, 0.1) is 6.92 Å². The topological polar surface area (TPSA) is 24.9 Å². The van der Waals surface area contributed by atoms with Crippen molar-refractivity contribution >= 4 is 16.9 Å². The molecule has 12 heavy (non-hydrogen) atoms. The normalized spacial score (nSPS) is 17.6. The summed E-state index contributed by atoms with van der Waals surface area (Å²) in [5.41, 5.74) is 1.41. The van der Waals surface area contributed by atoms with Crippen molar-refractivity contribution in [2.24, 2.45) is 0 Å². The molecule has 0 aliphatic carbocycles. The summed E-state index contributed by atoms with van der Waals surface area (Å²) < 4.78 is 0. The first-order valence-corrected chi connectivity index (χ1v) is 5.00. The third-order valence-electron chi connectivity index (χ3n) is 1.96. The molecular formula is C9H12N2S. The van der Waals surface area contributed by atoms with Gasteiger partial charge in [0.2, 0.25) is 0 Å². The zero-order valence-corrected chi connectivity index (χ0v) is 7.95. The summed E-state index contributed by atoms with van der Waals surface area (Å²) in [6.45, 7) is 4.18. The van der Waals surface area contributed by atoms with Crippen molar-refractivity contribution in [2.75, 3.05) is 13.1 Å². The molecular weight excluding hydrogens is 168 g/mol. The van der Waals surface area contributed by atoms with Gasteiger partial charge in [-0.2, -0.15) is 0 Å². The van der Waals surface area contributed by atoms with Crippen molar-refractivity contribution in [1.82, 2.24) is 10.3 Å². The maximum absolute atomic E-state index is 4.36. The number of aryl methyl sites for hydroxylation is 1. The lowest BCUT2D eigenvalue weighted by molar-refractivity contribution is 0.738. The molecule has 1 aromatic rings. The van der Waals surface area contributed by atoms with Gasteiger partial charge in [0.15, 0.2) is 0 Å². The first-order chi connectivity index (χ1) is 5.86. The number of nitrogens with one attached hydrogen (secondary N) is 1. The fraction of sp³-hybridized carbons (Fsp3) is 0.444. The lowest BCUT2D eigenvalue weighted by Gasteiger charge is -2.10. The van der Waals surface area contributed by atoms with Gasteiger partial charge in [-0.1, -0.05) is 6.08 Å². The van der Waals surface area contributed by atoms with E-state index in [1.807, 2.05) is 6.20 Å². The fourth-order valence-corrected chi connectivity index (χ4v) is 2.15. The molecule has 2 heterocycles. The second-order valence-electron chi connectivity index (χ2n) is 2.96. The Morgan fingerprint density at radius 2 is 2.50 bits per heavy atom. The van der Waals surface area contributed by atoms with Gasteiger partial charge in [-0.25, -0.2) is 4.98 Å². The summed E-state index contributed by atoms with van der Waals surface area (Å²) in [5, 5.41) is 4.49. The zero-order valence-electron chi connectivity index (χ0n) is 7.13. The molecule has 0 spiro atoms. The van der Waals surface area contributed by atoms with Crippen LogP contribution in [0.25, 0.3) is 5.57 Å². The van der Waals surface area contributed by atoms with Gasteiger partial charge in [0, 0.05) is 17.6 Å². The first-order valence-electron chi connectivity index (χ1n) is 4.19. The predicted octanol–water partition coefficient (Wildman–Crippen LogP) is 1.83. The molecule has 1 N–H and O–H groups in total. The van der Waals surface area contributed by atoms with Gasteiger partial charge in [0.05, 0.1) is 0 Å². The maximum Gasteiger partial charge on any atom is 0.119 e. The largest absolute Gasteiger partial charge is 0.313 e. The van der Waals surface area contributed by atoms with E-state index >= 15 is 0 Å². The number of rotatable bonds is 1. The van der Waals surface area contributed by atoms with Crippen molar-refractivity contribution in [3.63, 3.8) is 0 Å². The minimum atomic E-state index is 0.994. The van der Waals surface area contributed by atoms with E-state index in [0.29, 0.717) is 0 Å². The van der Waals surface area contributed by atoms with E-state index in [4.69, 9.17) is 0 Å². The highest BCUT2D eigenvalue weighted by Gasteiger charge is 2.08. The monoisotopic (exact) mass is 180 g/mol. The van der Waals surface area contributed by atoms with Crippen molar-refractivity contribution in [1.29, 1.82) is 0 Å². The summed E-state index contributed by atoms with van der Waals surface area (Å²) in [5.74, 6) is 0. The Morgan fingerprint density at radius 3 is 3.08 bits per heavy atom. The molecule has 0 radical (unpaired) electrons. The Hall–Kier alpha value is -0.670. The molecule has 0 amide bonds. The second-order valence-corrected chi connectivity index (χ2v) is 4.19. The highest BCUT2D eigenvalue weighted by Crippen LogP contribution is 2.23. The second kappa shape index (κ2) is 3.37. The average Bonchev–Trinajstić information content (AvgIpc) is 2.54. The van der Waals surface area contributed by atoms with E-state index in [1.54, 1.807) is 11.3 Å². The van der Waals surface area contributed by atoms with Gasteiger partial charge in [-0.3, -0.25) is 0 Å². The lowest BCUT2D eigenvalue weighted by atomic mass is 10.1. The number of aromatic nitrogens is 1. The number of nitrogens with zero attached hydrogens (tertiary/aromatic N) is 1. The van der Waals surface area contributed by atoms with Gasteiger partial charge in [-0.05, 0) is 25.5 Å². The van der Waals surface area contributed by atoms with Crippen molar-refractivity contribution in [2.45, 2.75) is 13.3 Å². The van der Waals surface area contributed by atoms with Crippen LogP contribution in [-0.2, 0) is 0 Å². The zero-order chi connectivity index (χ0) is 8.39. The van der Waals surface area contributed by atoms with E-state index in [0.717, 1.165) is 19.5 Å². The molecule has 2 nitrogen and oxygen atoms in total. The van der Waals surface area contributed by atoms with Crippen LogP contribution in [-0.4, -0.2) is 18.1 Å². The standard InChI is InChI=1S/C9H12N2S/c1-7-6-11-9(12-7)8-2-4-10-5-3-8/h2,6,10H,3-5H2,1H3. The molecule has 0 fully saturated rings. The Balaban J connectivity index is 2.23. The molecule has 1 aliphatic heterocycles. The summed E-state index contributed by atoms with van der Waals surface area (Å²) in [7, 11) is 0. The van der Waals surface area contributed by atoms with E-state index in [1.165, 1.54) is 15.5 Å². The summed E-state index contributed by atoms with van der Waals surface area (Å²) in [6.07, 6.45) is 5.30. The number of hydrogen-bond acceptors (Lipinski definition) is 3. The molecule has 3 heteroatoms. The van der Waals surface area contributed by atoms with Crippen molar-refractivity contribution < 1.29 is 0 Å². The van der Waals surface area contributed by atoms with E-state index in [-0.39, 0.29) is 0 Å². The molecule has 1 aromatic heterocycles. The van der Waals surface area contributed by atoms with Crippen LogP contribution in [0.4, 0.5) is 0 Å². The highest BCUT2D eigenvalue weighted by molar-refractivity contribution is 7.12. The number of hydrogen-bond donors (Lipinski definition) is 1. The van der Waals surface area contributed by atoms with E-state index < -0.39 is 0 Å². The van der Waals surface area contributed by atoms with Crippen LogP contribution in [0.5, 0.6) is 0 Å². The first kappa shape index (κ1) is 7.95. The van der Waals surface area contributed by atoms with Gasteiger partial charge >= 0.3 is 0 Å². The third-order valence-corrected chi connectivity index (χ3v) is 2.95. The van der Waals surface area contributed by atoms with Crippen LogP contribution >= 0.6 is 11.3 Å². The minimum Gasteiger partial charge on any atom is -0.313 e. The van der Waals surface area contributed by atoms with Crippen LogP contribution in [0.2, 0.25) is 0 Å². The SMILES string of the molecule is Cc1cnc(C2=CCNCC2)s1. The van der Waals surface area contributed by atoms with Crippen molar-refractivity contribution in [3.8, 4) is 0 Å². The molecule has 0 saturated heterocycles. The molecule has 1 aliphatic rings. The predicted molar refractivity (Wildman–Crippen MR) is 52.3 cm³/mol. The Morgan fingerprint density at radius 1 is 1.58 bits per heavy atom. The van der Waals surface area contributed by atoms with Crippen LogP contribution < -0.4 is 5.32 Å². The quantitative estimate of drug-likeness (QED) is 0.713. The molecule has 0 saturated carbocycles. The van der Waals surface area contributed by atoms with Gasteiger partial charge in [-0.15, -0.1) is 11.3 Å². The molecule has 2 rings (SSSR count). The van der Waals surface area contributed by atoms with Gasteiger partial charge in [0.1, 0.15) is 5.01 Å². The maximum atomic E-state index is 4.36. The molecule has 64 valence electrons. The van der Waals surface area contributed by atoms with Crippen LogP contribution in [0.1, 0.15) is 16.3 Å². The smallest absolute Gasteiger partial charge is 0.119 e. The molecule has 0 bridgehead atoms. The molecule has 0 unspecified atom stereocenters. The average molecular weight is 180 g/mol. The van der Waals surface area contributed by atoms with E-state index in [2.05, 4.69) is 23.3 Å². The fourth-order valence-electron chi connectivity index (χ4n) is 1.32. The highest BCUT2D eigenvalue weighted by atomic mass is 32.1. The summed E-state index contributed by atoms with van der Waals surface area (Å²) >= 11 is 1.79. The van der Waals surface area contributed by atoms with Crippen molar-refractivity contribution in [3.05, 3.63) is 22.2 Å². The Kier molecular flexibility index (Phi) is 2.23. The minimum absolute atomic E-state index is 0.994.